The molecule has 0 bridgehead atoms. The molecule has 0 spiro atoms. The SMILES string of the molecule is C[C@@H]1CCCCN1S(=O)(=O)c1ccc2c(c1)oc(=O)n2CC(=O)NC1CCCCCC1. The van der Waals surface area contributed by atoms with Crippen LogP contribution in [0.2, 0.25) is 0 Å². The number of sulfonamides is 1. The van der Waals surface area contributed by atoms with Gasteiger partial charge >= 0.3 is 5.76 Å². The lowest BCUT2D eigenvalue weighted by Crippen LogP contribution is -2.41. The number of hydrogen-bond acceptors (Lipinski definition) is 5. The van der Waals surface area contributed by atoms with Crippen LogP contribution >= 0.6 is 0 Å². The lowest BCUT2D eigenvalue weighted by molar-refractivity contribution is -0.122. The molecule has 1 saturated carbocycles. The molecule has 4 rings (SSSR count). The Bertz CT molecular complexity index is 1100. The van der Waals surface area contributed by atoms with Crippen molar-refractivity contribution in [2.45, 2.75) is 88.2 Å². The van der Waals surface area contributed by atoms with E-state index in [2.05, 4.69) is 5.32 Å². The number of carbonyl (C=O) groups excluding carboxylic acids is 1. The van der Waals surface area contributed by atoms with Crippen LogP contribution in [0.5, 0.6) is 0 Å². The zero-order valence-corrected chi connectivity index (χ0v) is 18.8. The number of hydrogen-bond donors (Lipinski definition) is 1. The molecule has 170 valence electrons. The van der Waals surface area contributed by atoms with Crippen molar-refractivity contribution in [2.24, 2.45) is 0 Å². The average molecular weight is 450 g/mol. The fourth-order valence-corrected chi connectivity index (χ4v) is 6.48. The highest BCUT2D eigenvalue weighted by Gasteiger charge is 2.31. The van der Waals surface area contributed by atoms with Gasteiger partial charge in [0.15, 0.2) is 5.58 Å². The molecule has 8 nitrogen and oxygen atoms in total. The fraction of sp³-hybridized carbons (Fsp3) is 0.636. The summed E-state index contributed by atoms with van der Waals surface area (Å²) < 4.78 is 34.3. The van der Waals surface area contributed by atoms with E-state index < -0.39 is 15.8 Å². The van der Waals surface area contributed by atoms with Gasteiger partial charge in [0.1, 0.15) is 6.54 Å². The number of amides is 1. The van der Waals surface area contributed by atoms with Crippen molar-refractivity contribution in [3.63, 3.8) is 0 Å². The molecule has 9 heteroatoms. The third-order valence-electron chi connectivity index (χ3n) is 6.51. The highest BCUT2D eigenvalue weighted by molar-refractivity contribution is 7.89. The molecule has 2 aromatic rings. The minimum atomic E-state index is -3.67. The summed E-state index contributed by atoms with van der Waals surface area (Å²) in [4.78, 5) is 25.0. The second kappa shape index (κ2) is 9.16. The second-order valence-electron chi connectivity index (χ2n) is 8.80. The lowest BCUT2D eigenvalue weighted by atomic mass is 10.1. The van der Waals surface area contributed by atoms with Crippen LogP contribution < -0.4 is 11.1 Å². The molecule has 1 amide bonds. The summed E-state index contributed by atoms with van der Waals surface area (Å²) in [6, 6.07) is 4.53. The summed E-state index contributed by atoms with van der Waals surface area (Å²) in [6.45, 7) is 2.27. The number of piperidine rings is 1. The highest BCUT2D eigenvalue weighted by atomic mass is 32.2. The maximum absolute atomic E-state index is 13.1. The van der Waals surface area contributed by atoms with Crippen molar-refractivity contribution in [1.29, 1.82) is 0 Å². The van der Waals surface area contributed by atoms with E-state index in [9.17, 15) is 18.0 Å². The van der Waals surface area contributed by atoms with Gasteiger partial charge in [0, 0.05) is 24.7 Å². The smallest absolute Gasteiger partial charge is 0.408 e. The molecular formula is C22H31N3O5S. The molecule has 0 radical (unpaired) electrons. The summed E-state index contributed by atoms with van der Waals surface area (Å²) in [7, 11) is -3.67. The first-order chi connectivity index (χ1) is 14.9. The minimum absolute atomic E-state index is 0.0567. The molecule has 0 unspecified atom stereocenters. The molecule has 1 aromatic carbocycles. The molecule has 1 atom stereocenters. The standard InChI is InChI=1S/C22H31N3O5S/c1-16-8-6-7-13-25(16)31(28,29)18-11-12-19-20(14-18)30-22(27)24(19)15-21(26)23-17-9-4-2-3-5-10-17/h11-12,14,16-17H,2-10,13,15H2,1H3,(H,23,26)/t16-/m1/s1. The Labute approximate surface area is 182 Å². The van der Waals surface area contributed by atoms with Gasteiger partial charge < -0.3 is 9.73 Å². The molecule has 1 N–H and O–H groups in total. The Kier molecular flexibility index (Phi) is 6.52. The van der Waals surface area contributed by atoms with E-state index in [-0.39, 0.29) is 35.0 Å². The number of carbonyl (C=O) groups is 1. The van der Waals surface area contributed by atoms with Crippen molar-refractivity contribution in [2.75, 3.05) is 6.54 Å². The Balaban J connectivity index is 1.54. The molecule has 31 heavy (non-hydrogen) atoms. The van der Waals surface area contributed by atoms with Gasteiger partial charge in [0.2, 0.25) is 15.9 Å². The molecular weight excluding hydrogens is 418 g/mol. The molecule has 1 aromatic heterocycles. The van der Waals surface area contributed by atoms with Gasteiger partial charge in [-0.05, 0) is 44.7 Å². The summed E-state index contributed by atoms with van der Waals surface area (Å²) in [5, 5.41) is 3.03. The van der Waals surface area contributed by atoms with Gasteiger partial charge in [-0.3, -0.25) is 9.36 Å². The van der Waals surface area contributed by atoms with Crippen molar-refractivity contribution in [3.8, 4) is 0 Å². The van der Waals surface area contributed by atoms with E-state index >= 15 is 0 Å². The molecule has 2 fully saturated rings. The van der Waals surface area contributed by atoms with Gasteiger partial charge in [-0.2, -0.15) is 4.31 Å². The van der Waals surface area contributed by atoms with E-state index in [1.807, 2.05) is 6.92 Å². The van der Waals surface area contributed by atoms with E-state index in [4.69, 9.17) is 4.42 Å². The van der Waals surface area contributed by atoms with E-state index in [0.29, 0.717) is 12.1 Å². The Morgan fingerprint density at radius 1 is 1.10 bits per heavy atom. The Morgan fingerprint density at radius 2 is 1.81 bits per heavy atom. The van der Waals surface area contributed by atoms with Crippen LogP contribution in [0.3, 0.4) is 0 Å². The van der Waals surface area contributed by atoms with Crippen molar-refractivity contribution < 1.29 is 17.6 Å². The largest absolute Gasteiger partial charge is 0.420 e. The first-order valence-electron chi connectivity index (χ1n) is 11.3. The van der Waals surface area contributed by atoms with E-state index in [1.165, 1.54) is 33.8 Å². The van der Waals surface area contributed by atoms with Crippen LogP contribution in [0.4, 0.5) is 0 Å². The van der Waals surface area contributed by atoms with E-state index in [1.54, 1.807) is 6.07 Å². The monoisotopic (exact) mass is 449 g/mol. The maximum Gasteiger partial charge on any atom is 0.420 e. The zero-order chi connectivity index (χ0) is 22.0. The Morgan fingerprint density at radius 3 is 2.52 bits per heavy atom. The van der Waals surface area contributed by atoms with Crippen LogP contribution in [0.1, 0.15) is 64.7 Å². The zero-order valence-electron chi connectivity index (χ0n) is 18.0. The number of benzene rings is 1. The molecule has 2 heterocycles. The number of aromatic nitrogens is 1. The van der Waals surface area contributed by atoms with Crippen LogP contribution in [-0.2, 0) is 21.4 Å². The third kappa shape index (κ3) is 4.72. The summed E-state index contributed by atoms with van der Waals surface area (Å²) in [6.07, 6.45) is 9.22. The topological polar surface area (TPSA) is 102 Å². The summed E-state index contributed by atoms with van der Waals surface area (Å²) in [5.74, 6) is -0.887. The summed E-state index contributed by atoms with van der Waals surface area (Å²) in [5.41, 5.74) is 0.602. The molecule has 1 aliphatic carbocycles. The second-order valence-corrected chi connectivity index (χ2v) is 10.7. The first kappa shape index (κ1) is 22.1. The number of nitrogens with zero attached hydrogens (tertiary/aromatic N) is 2. The van der Waals surface area contributed by atoms with Gasteiger partial charge in [-0.25, -0.2) is 13.2 Å². The third-order valence-corrected chi connectivity index (χ3v) is 8.52. The van der Waals surface area contributed by atoms with Crippen LogP contribution in [-0.4, -0.2) is 41.8 Å². The number of oxazole rings is 1. The van der Waals surface area contributed by atoms with Crippen molar-refractivity contribution in [1.82, 2.24) is 14.2 Å². The predicted molar refractivity (Wildman–Crippen MR) is 117 cm³/mol. The number of rotatable bonds is 5. The molecule has 2 aliphatic rings. The number of fused-ring (bicyclic) bond motifs is 1. The van der Waals surface area contributed by atoms with E-state index in [0.717, 1.165) is 44.9 Å². The van der Waals surface area contributed by atoms with Crippen LogP contribution in [0.25, 0.3) is 11.1 Å². The van der Waals surface area contributed by atoms with Crippen molar-refractivity contribution >= 4 is 27.0 Å². The average Bonchev–Trinajstić information content (AvgIpc) is 2.89. The maximum atomic E-state index is 13.1. The lowest BCUT2D eigenvalue weighted by Gasteiger charge is -2.32. The van der Waals surface area contributed by atoms with Gasteiger partial charge in [0.25, 0.3) is 0 Å². The molecule has 1 aliphatic heterocycles. The van der Waals surface area contributed by atoms with Crippen molar-refractivity contribution in [3.05, 3.63) is 28.7 Å². The van der Waals surface area contributed by atoms with Crippen LogP contribution in [0.15, 0.2) is 32.3 Å². The summed E-state index contributed by atoms with van der Waals surface area (Å²) >= 11 is 0. The molecule has 1 saturated heterocycles. The van der Waals surface area contributed by atoms with Gasteiger partial charge in [0.05, 0.1) is 10.4 Å². The Hall–Kier alpha value is -2.13. The fourth-order valence-electron chi connectivity index (χ4n) is 4.76. The first-order valence-corrected chi connectivity index (χ1v) is 12.7. The van der Waals surface area contributed by atoms with Crippen LogP contribution in [0, 0.1) is 0 Å². The van der Waals surface area contributed by atoms with Gasteiger partial charge in [-0.15, -0.1) is 0 Å². The normalized spacial score (nSPS) is 21.8. The van der Waals surface area contributed by atoms with Gasteiger partial charge in [-0.1, -0.05) is 32.1 Å². The quantitative estimate of drug-likeness (QED) is 0.707. The minimum Gasteiger partial charge on any atom is -0.408 e. The highest BCUT2D eigenvalue weighted by Crippen LogP contribution is 2.27. The predicted octanol–water partition coefficient (Wildman–Crippen LogP) is 3.00. The number of nitrogens with one attached hydrogen (secondary N) is 1.